The Morgan fingerprint density at radius 1 is 1.27 bits per heavy atom. The van der Waals surface area contributed by atoms with Crippen LogP contribution in [0.25, 0.3) is 0 Å². The first-order chi connectivity index (χ1) is 10.6. The molecule has 3 rings (SSSR count). The van der Waals surface area contributed by atoms with Gasteiger partial charge in [0.2, 0.25) is 0 Å². The van der Waals surface area contributed by atoms with Crippen LogP contribution >= 0.6 is 0 Å². The Balaban J connectivity index is 1.63. The molecule has 122 valence electrons. The van der Waals surface area contributed by atoms with Crippen LogP contribution in [0, 0.1) is 0 Å². The fourth-order valence-corrected chi connectivity index (χ4v) is 3.19. The van der Waals surface area contributed by atoms with Gasteiger partial charge in [-0.3, -0.25) is 14.3 Å². The van der Waals surface area contributed by atoms with E-state index in [1.165, 1.54) is 4.68 Å². The molecule has 1 aliphatic heterocycles. The Labute approximate surface area is 129 Å². The van der Waals surface area contributed by atoms with Crippen molar-refractivity contribution >= 4 is 5.97 Å². The molecule has 0 aromatic carbocycles. The van der Waals surface area contributed by atoms with Gasteiger partial charge in [0.05, 0.1) is 13.2 Å². The van der Waals surface area contributed by atoms with Crippen LogP contribution in [0.15, 0.2) is 4.79 Å². The number of carbonyl (C=O) groups excluding carboxylic acids is 1. The Kier molecular flexibility index (Phi) is 4.33. The first kappa shape index (κ1) is 15.3. The molecule has 7 heteroatoms. The predicted molar refractivity (Wildman–Crippen MR) is 80.8 cm³/mol. The zero-order valence-corrected chi connectivity index (χ0v) is 13.3. The first-order valence-corrected chi connectivity index (χ1v) is 8.13. The van der Waals surface area contributed by atoms with Crippen molar-refractivity contribution in [1.82, 2.24) is 19.2 Å². The SMILES string of the molecule is CCOC(=O)CN1CCC(c2nn(C)c(=O)n2C2CC2)CC1. The standard InChI is InChI=1S/C15H24N4O3/c1-3-22-13(20)10-18-8-6-11(7-9-18)14-16-17(2)15(21)19(14)12-4-5-12/h11-12H,3-10H2,1-2H3. The van der Waals surface area contributed by atoms with E-state index >= 15 is 0 Å². The topological polar surface area (TPSA) is 69.4 Å². The summed E-state index contributed by atoms with van der Waals surface area (Å²) in [7, 11) is 1.72. The summed E-state index contributed by atoms with van der Waals surface area (Å²) in [4.78, 5) is 25.8. The normalized spacial score (nSPS) is 20.3. The lowest BCUT2D eigenvalue weighted by molar-refractivity contribution is -0.144. The summed E-state index contributed by atoms with van der Waals surface area (Å²) in [5.74, 6) is 1.09. The second-order valence-electron chi connectivity index (χ2n) is 6.22. The first-order valence-electron chi connectivity index (χ1n) is 8.13. The van der Waals surface area contributed by atoms with E-state index in [4.69, 9.17) is 4.74 Å². The molecule has 1 aromatic heterocycles. The molecule has 0 spiro atoms. The lowest BCUT2D eigenvalue weighted by Gasteiger charge is -2.30. The molecule has 2 heterocycles. The van der Waals surface area contributed by atoms with Gasteiger partial charge in [-0.1, -0.05) is 0 Å². The molecule has 1 aromatic rings. The number of hydrogen-bond acceptors (Lipinski definition) is 5. The number of likely N-dealkylation sites (tertiary alicyclic amines) is 1. The third kappa shape index (κ3) is 3.09. The highest BCUT2D eigenvalue weighted by molar-refractivity contribution is 5.71. The molecule has 0 N–H and O–H groups in total. The molecule has 0 bridgehead atoms. The van der Waals surface area contributed by atoms with Crippen LogP contribution in [0.5, 0.6) is 0 Å². The molecule has 22 heavy (non-hydrogen) atoms. The highest BCUT2D eigenvalue weighted by atomic mass is 16.5. The van der Waals surface area contributed by atoms with E-state index in [1.807, 2.05) is 11.5 Å². The van der Waals surface area contributed by atoms with Crippen molar-refractivity contribution in [1.29, 1.82) is 0 Å². The number of piperidine rings is 1. The van der Waals surface area contributed by atoms with E-state index in [9.17, 15) is 9.59 Å². The molecular formula is C15H24N4O3. The molecule has 2 fully saturated rings. The molecular weight excluding hydrogens is 284 g/mol. The second-order valence-corrected chi connectivity index (χ2v) is 6.22. The lowest BCUT2D eigenvalue weighted by Crippen LogP contribution is -2.38. The summed E-state index contributed by atoms with van der Waals surface area (Å²) in [6, 6.07) is 0.355. The van der Waals surface area contributed by atoms with Gasteiger partial charge in [0.1, 0.15) is 5.82 Å². The zero-order chi connectivity index (χ0) is 15.7. The zero-order valence-electron chi connectivity index (χ0n) is 13.3. The third-order valence-electron chi connectivity index (χ3n) is 4.50. The summed E-state index contributed by atoms with van der Waals surface area (Å²) >= 11 is 0. The number of esters is 1. The molecule has 0 unspecified atom stereocenters. The van der Waals surface area contributed by atoms with E-state index in [1.54, 1.807) is 7.05 Å². The largest absolute Gasteiger partial charge is 0.465 e. The number of nitrogens with zero attached hydrogens (tertiary/aromatic N) is 4. The number of ether oxygens (including phenoxy) is 1. The van der Waals surface area contributed by atoms with Crippen LogP contribution in [0.2, 0.25) is 0 Å². The molecule has 2 aliphatic rings. The van der Waals surface area contributed by atoms with Crippen molar-refractivity contribution < 1.29 is 9.53 Å². The minimum Gasteiger partial charge on any atom is -0.465 e. The molecule has 0 amide bonds. The maximum Gasteiger partial charge on any atom is 0.345 e. The van der Waals surface area contributed by atoms with Gasteiger partial charge < -0.3 is 4.74 Å². The average molecular weight is 308 g/mol. The Morgan fingerprint density at radius 2 is 1.95 bits per heavy atom. The monoisotopic (exact) mass is 308 g/mol. The summed E-state index contributed by atoms with van der Waals surface area (Å²) in [5.41, 5.74) is 0.00598. The van der Waals surface area contributed by atoms with Gasteiger partial charge in [-0.15, -0.1) is 0 Å². The summed E-state index contributed by atoms with van der Waals surface area (Å²) in [5, 5.41) is 4.47. The fourth-order valence-electron chi connectivity index (χ4n) is 3.19. The Morgan fingerprint density at radius 3 is 2.55 bits per heavy atom. The fraction of sp³-hybridized carbons (Fsp3) is 0.800. The van der Waals surface area contributed by atoms with E-state index < -0.39 is 0 Å². The van der Waals surface area contributed by atoms with Gasteiger partial charge >= 0.3 is 11.7 Å². The maximum absolute atomic E-state index is 12.2. The van der Waals surface area contributed by atoms with Crippen molar-refractivity contribution in [3.8, 4) is 0 Å². The van der Waals surface area contributed by atoms with E-state index in [0.29, 0.717) is 25.1 Å². The van der Waals surface area contributed by atoms with Crippen molar-refractivity contribution in [3.05, 3.63) is 16.3 Å². The van der Waals surface area contributed by atoms with Gasteiger partial charge in [0, 0.05) is 19.0 Å². The highest BCUT2D eigenvalue weighted by Crippen LogP contribution is 2.37. The minimum absolute atomic E-state index is 0.00598. The quantitative estimate of drug-likeness (QED) is 0.747. The van der Waals surface area contributed by atoms with E-state index in [-0.39, 0.29) is 11.7 Å². The van der Waals surface area contributed by atoms with Gasteiger partial charge in [0.25, 0.3) is 0 Å². The lowest BCUT2D eigenvalue weighted by atomic mass is 9.96. The average Bonchev–Trinajstić information content (AvgIpc) is 3.28. The van der Waals surface area contributed by atoms with Gasteiger partial charge in [-0.25, -0.2) is 9.48 Å². The summed E-state index contributed by atoms with van der Waals surface area (Å²) in [6.07, 6.45) is 4.03. The van der Waals surface area contributed by atoms with Gasteiger partial charge in [-0.05, 0) is 45.7 Å². The number of carbonyl (C=O) groups is 1. The summed E-state index contributed by atoms with van der Waals surface area (Å²) < 4.78 is 8.34. The second kappa shape index (κ2) is 6.24. The number of hydrogen-bond donors (Lipinski definition) is 0. The molecule has 1 aliphatic carbocycles. The van der Waals surface area contributed by atoms with Crippen LogP contribution in [0.3, 0.4) is 0 Å². The number of aryl methyl sites for hydroxylation is 1. The Hall–Kier alpha value is -1.63. The third-order valence-corrected chi connectivity index (χ3v) is 4.50. The van der Waals surface area contributed by atoms with Crippen molar-refractivity contribution in [3.63, 3.8) is 0 Å². The van der Waals surface area contributed by atoms with Crippen LogP contribution in [0.1, 0.15) is 50.4 Å². The van der Waals surface area contributed by atoms with E-state index in [0.717, 1.165) is 44.6 Å². The van der Waals surface area contributed by atoms with Crippen LogP contribution in [-0.4, -0.2) is 51.5 Å². The summed E-state index contributed by atoms with van der Waals surface area (Å²) in [6.45, 7) is 4.30. The predicted octanol–water partition coefficient (Wildman–Crippen LogP) is 0.659. The van der Waals surface area contributed by atoms with Crippen molar-refractivity contribution in [2.75, 3.05) is 26.2 Å². The van der Waals surface area contributed by atoms with Crippen LogP contribution < -0.4 is 5.69 Å². The molecule has 7 nitrogen and oxygen atoms in total. The molecule has 0 atom stereocenters. The minimum atomic E-state index is -0.159. The van der Waals surface area contributed by atoms with Crippen molar-refractivity contribution in [2.24, 2.45) is 7.05 Å². The number of rotatable bonds is 5. The van der Waals surface area contributed by atoms with Crippen LogP contribution in [-0.2, 0) is 16.6 Å². The van der Waals surface area contributed by atoms with E-state index in [2.05, 4.69) is 10.00 Å². The molecule has 0 radical (unpaired) electrons. The number of aromatic nitrogens is 3. The molecule has 1 saturated carbocycles. The Bertz CT molecular complexity index is 594. The van der Waals surface area contributed by atoms with Crippen molar-refractivity contribution in [2.45, 2.75) is 44.6 Å². The molecule has 1 saturated heterocycles. The maximum atomic E-state index is 12.2. The smallest absolute Gasteiger partial charge is 0.345 e. The van der Waals surface area contributed by atoms with Gasteiger partial charge in [-0.2, -0.15) is 5.10 Å². The van der Waals surface area contributed by atoms with Gasteiger partial charge in [0.15, 0.2) is 0 Å². The highest BCUT2D eigenvalue weighted by Gasteiger charge is 2.33. The van der Waals surface area contributed by atoms with Crippen LogP contribution in [0.4, 0.5) is 0 Å².